The molecule has 0 aliphatic rings. The van der Waals surface area contributed by atoms with Gasteiger partial charge in [0.15, 0.2) is 0 Å². The van der Waals surface area contributed by atoms with Crippen LogP contribution in [0.25, 0.3) is 0 Å². The number of para-hydroxylation sites is 2. The van der Waals surface area contributed by atoms with Crippen molar-refractivity contribution in [3.8, 4) is 0 Å². The van der Waals surface area contributed by atoms with Crippen LogP contribution in [0.4, 0.5) is 16.2 Å². The third-order valence-electron chi connectivity index (χ3n) is 3.19. The molecule has 0 aromatic heterocycles. The smallest absolute Gasteiger partial charge is 0.405 e. The molecule has 7 heteroatoms. The molecule has 7 nitrogen and oxygen atoms in total. The first-order valence-corrected chi connectivity index (χ1v) is 7.24. The average Bonchev–Trinajstić information content (AvgIpc) is 2.59. The Labute approximate surface area is 138 Å². The van der Waals surface area contributed by atoms with Gasteiger partial charge in [0, 0.05) is 17.9 Å². The third kappa shape index (κ3) is 4.84. The minimum absolute atomic E-state index is 0.0332. The van der Waals surface area contributed by atoms with Gasteiger partial charge in [-0.3, -0.25) is 4.79 Å². The molecule has 24 heavy (non-hydrogen) atoms. The highest BCUT2D eigenvalue weighted by atomic mass is 16.4. The second-order valence-electron chi connectivity index (χ2n) is 4.94. The maximum absolute atomic E-state index is 12.4. The number of carbonyl (C=O) groups is 3. The van der Waals surface area contributed by atoms with Gasteiger partial charge in [-0.15, -0.1) is 0 Å². The Kier molecular flexibility index (Phi) is 5.90. The van der Waals surface area contributed by atoms with E-state index in [-0.39, 0.29) is 12.5 Å². The number of nitrogens with one attached hydrogen (secondary N) is 3. The highest BCUT2D eigenvalue weighted by Gasteiger charge is 2.14. The lowest BCUT2D eigenvalue weighted by Gasteiger charge is -2.15. The predicted octanol–water partition coefficient (Wildman–Crippen LogP) is 2.19. The van der Waals surface area contributed by atoms with Crippen molar-refractivity contribution in [1.82, 2.24) is 5.32 Å². The molecular weight excluding hydrogens is 310 g/mol. The number of hydrogen-bond acceptors (Lipinski definition) is 4. The Morgan fingerprint density at radius 2 is 1.71 bits per heavy atom. The van der Waals surface area contributed by atoms with Crippen molar-refractivity contribution >= 4 is 29.7 Å². The van der Waals surface area contributed by atoms with Crippen molar-refractivity contribution in [2.45, 2.75) is 6.04 Å². The van der Waals surface area contributed by atoms with Crippen molar-refractivity contribution in [3.05, 3.63) is 60.2 Å². The first kappa shape index (κ1) is 17.0. The van der Waals surface area contributed by atoms with E-state index in [4.69, 9.17) is 5.11 Å². The van der Waals surface area contributed by atoms with Crippen LogP contribution in [0, 0.1) is 0 Å². The summed E-state index contributed by atoms with van der Waals surface area (Å²) in [7, 11) is 0. The molecule has 2 amide bonds. The Bertz CT molecular complexity index is 719. The van der Waals surface area contributed by atoms with Gasteiger partial charge in [0.25, 0.3) is 5.91 Å². The highest BCUT2D eigenvalue weighted by molar-refractivity contribution is 6.08. The zero-order valence-electron chi connectivity index (χ0n) is 12.7. The molecule has 0 saturated heterocycles. The van der Waals surface area contributed by atoms with Crippen molar-refractivity contribution in [1.29, 1.82) is 0 Å². The molecule has 0 heterocycles. The summed E-state index contributed by atoms with van der Waals surface area (Å²) in [5, 5.41) is 16.4. The van der Waals surface area contributed by atoms with E-state index < -0.39 is 12.1 Å². The summed E-state index contributed by atoms with van der Waals surface area (Å²) in [4.78, 5) is 33.9. The van der Waals surface area contributed by atoms with Crippen molar-refractivity contribution < 1.29 is 19.5 Å². The van der Waals surface area contributed by atoms with E-state index in [9.17, 15) is 14.4 Å². The molecule has 1 unspecified atom stereocenters. The van der Waals surface area contributed by atoms with E-state index in [1.165, 1.54) is 0 Å². The quantitative estimate of drug-likeness (QED) is 0.583. The lowest BCUT2D eigenvalue weighted by atomic mass is 10.1. The maximum Gasteiger partial charge on any atom is 0.405 e. The molecule has 0 radical (unpaired) electrons. The lowest BCUT2D eigenvalue weighted by molar-refractivity contribution is -0.109. The summed E-state index contributed by atoms with van der Waals surface area (Å²) in [6, 6.07) is 14.9. The fourth-order valence-corrected chi connectivity index (χ4v) is 2.07. The lowest BCUT2D eigenvalue weighted by Crippen LogP contribution is -2.40. The summed E-state index contributed by atoms with van der Waals surface area (Å²) < 4.78 is 0. The molecule has 124 valence electrons. The molecule has 2 rings (SSSR count). The SMILES string of the molecule is O=CC(CNc1ccccc1C(=O)Nc1ccccc1)NC(=O)O. The molecule has 2 aromatic carbocycles. The summed E-state index contributed by atoms with van der Waals surface area (Å²) >= 11 is 0. The zero-order valence-corrected chi connectivity index (χ0v) is 12.7. The molecule has 0 spiro atoms. The van der Waals surface area contributed by atoms with Gasteiger partial charge in [-0.25, -0.2) is 4.79 Å². The minimum atomic E-state index is -1.29. The van der Waals surface area contributed by atoms with Crippen LogP contribution in [0.5, 0.6) is 0 Å². The fraction of sp³-hybridized carbons (Fsp3) is 0.118. The van der Waals surface area contributed by atoms with Gasteiger partial charge in [-0.2, -0.15) is 0 Å². The molecule has 0 saturated carbocycles. The number of benzene rings is 2. The number of carboxylic acid groups (broad SMARTS) is 1. The van der Waals surface area contributed by atoms with E-state index in [1.54, 1.807) is 36.4 Å². The Hall–Kier alpha value is -3.35. The van der Waals surface area contributed by atoms with E-state index in [0.29, 0.717) is 23.2 Å². The van der Waals surface area contributed by atoms with Gasteiger partial charge >= 0.3 is 6.09 Å². The first-order chi connectivity index (χ1) is 11.6. The maximum atomic E-state index is 12.4. The zero-order chi connectivity index (χ0) is 17.4. The Morgan fingerprint density at radius 1 is 1.04 bits per heavy atom. The largest absolute Gasteiger partial charge is 0.465 e. The van der Waals surface area contributed by atoms with E-state index in [2.05, 4.69) is 16.0 Å². The standard InChI is InChI=1S/C17H17N3O4/c21-11-13(20-17(23)24)10-18-15-9-5-4-8-14(15)16(22)19-12-6-2-1-3-7-12/h1-9,11,13,18,20H,10H2,(H,19,22)(H,23,24). The number of carbonyl (C=O) groups excluding carboxylic acids is 2. The second kappa shape index (κ2) is 8.33. The Balaban J connectivity index is 2.07. The number of hydrogen-bond donors (Lipinski definition) is 4. The molecular formula is C17H17N3O4. The normalized spacial score (nSPS) is 11.2. The van der Waals surface area contributed by atoms with E-state index in [0.717, 1.165) is 0 Å². The van der Waals surface area contributed by atoms with Crippen molar-refractivity contribution in [2.24, 2.45) is 0 Å². The van der Waals surface area contributed by atoms with Crippen LogP contribution in [0.2, 0.25) is 0 Å². The van der Waals surface area contributed by atoms with Gasteiger partial charge in [0.05, 0.1) is 5.56 Å². The van der Waals surface area contributed by atoms with Gasteiger partial charge in [0.1, 0.15) is 12.3 Å². The van der Waals surface area contributed by atoms with Crippen LogP contribution in [-0.2, 0) is 4.79 Å². The first-order valence-electron chi connectivity index (χ1n) is 7.24. The molecule has 0 aliphatic heterocycles. The minimum Gasteiger partial charge on any atom is -0.465 e. The summed E-state index contributed by atoms with van der Waals surface area (Å²) in [6.45, 7) is 0.0332. The highest BCUT2D eigenvalue weighted by Crippen LogP contribution is 2.17. The van der Waals surface area contributed by atoms with Gasteiger partial charge in [-0.05, 0) is 24.3 Å². The van der Waals surface area contributed by atoms with E-state index >= 15 is 0 Å². The third-order valence-corrected chi connectivity index (χ3v) is 3.19. The van der Waals surface area contributed by atoms with Gasteiger partial charge in [-0.1, -0.05) is 30.3 Å². The number of anilines is 2. The fourth-order valence-electron chi connectivity index (χ4n) is 2.07. The predicted molar refractivity (Wildman–Crippen MR) is 90.3 cm³/mol. The van der Waals surface area contributed by atoms with Crippen molar-refractivity contribution in [3.63, 3.8) is 0 Å². The van der Waals surface area contributed by atoms with Crippen LogP contribution < -0.4 is 16.0 Å². The molecule has 0 aliphatic carbocycles. The number of aldehydes is 1. The molecule has 2 aromatic rings. The molecule has 1 atom stereocenters. The van der Waals surface area contributed by atoms with E-state index in [1.807, 2.05) is 18.2 Å². The van der Waals surface area contributed by atoms with Crippen LogP contribution in [0.15, 0.2) is 54.6 Å². The Morgan fingerprint density at radius 3 is 2.38 bits per heavy atom. The van der Waals surface area contributed by atoms with Gasteiger partial charge in [0.2, 0.25) is 0 Å². The topological polar surface area (TPSA) is 108 Å². The van der Waals surface area contributed by atoms with Crippen molar-refractivity contribution in [2.75, 3.05) is 17.2 Å². The summed E-state index contributed by atoms with van der Waals surface area (Å²) in [5.41, 5.74) is 1.56. The molecule has 4 N–H and O–H groups in total. The average molecular weight is 327 g/mol. The van der Waals surface area contributed by atoms with Gasteiger partial charge < -0.3 is 25.9 Å². The second-order valence-corrected chi connectivity index (χ2v) is 4.94. The number of rotatable bonds is 7. The molecule has 0 bridgehead atoms. The summed E-state index contributed by atoms with van der Waals surface area (Å²) in [6.07, 6.45) is -0.794. The number of amides is 2. The van der Waals surface area contributed by atoms with Crippen LogP contribution in [-0.4, -0.2) is 36.0 Å². The monoisotopic (exact) mass is 327 g/mol. The van der Waals surface area contributed by atoms with Crippen LogP contribution >= 0.6 is 0 Å². The molecule has 0 fully saturated rings. The van der Waals surface area contributed by atoms with Crippen LogP contribution in [0.3, 0.4) is 0 Å². The summed E-state index contributed by atoms with van der Waals surface area (Å²) in [5.74, 6) is -0.307. The van der Waals surface area contributed by atoms with Crippen LogP contribution in [0.1, 0.15) is 10.4 Å².